The molecule has 0 aliphatic carbocycles. The number of methoxy groups -OCH3 is 1. The number of hydrogen-bond donors (Lipinski definition) is 2. The maximum Gasteiger partial charge on any atom is 0.164 e. The molecule has 0 bridgehead atoms. The van der Waals surface area contributed by atoms with Gasteiger partial charge < -0.3 is 20.2 Å². The smallest absolute Gasteiger partial charge is 0.164 e. The zero-order valence-electron chi connectivity index (χ0n) is 13.5. The van der Waals surface area contributed by atoms with Crippen molar-refractivity contribution in [1.29, 1.82) is 0 Å². The van der Waals surface area contributed by atoms with Crippen molar-refractivity contribution in [2.24, 2.45) is 5.73 Å². The highest BCUT2D eigenvalue weighted by Crippen LogP contribution is 2.39. The molecule has 1 aromatic heterocycles. The Bertz CT molecular complexity index is 795. The summed E-state index contributed by atoms with van der Waals surface area (Å²) >= 11 is 0. The van der Waals surface area contributed by atoms with Gasteiger partial charge in [-0.25, -0.2) is 0 Å². The number of nitrogens with two attached hydrogens (primary N) is 1. The van der Waals surface area contributed by atoms with Crippen LogP contribution in [0.15, 0.2) is 48.7 Å². The van der Waals surface area contributed by atoms with Crippen LogP contribution in [0.4, 0.5) is 0 Å². The van der Waals surface area contributed by atoms with E-state index in [0.29, 0.717) is 13.2 Å². The minimum Gasteiger partial charge on any atom is -0.493 e. The highest BCUT2D eigenvalue weighted by atomic mass is 16.5. The summed E-state index contributed by atoms with van der Waals surface area (Å²) in [6.07, 6.45) is 2.04. The summed E-state index contributed by atoms with van der Waals surface area (Å²) in [5.74, 6) is 1.56. The lowest BCUT2D eigenvalue weighted by atomic mass is 9.90. The first kappa shape index (κ1) is 15.4. The maximum atomic E-state index is 6.13. The van der Waals surface area contributed by atoms with E-state index in [-0.39, 0.29) is 5.92 Å². The Morgan fingerprint density at radius 2 is 1.91 bits per heavy atom. The predicted octanol–water partition coefficient (Wildman–Crippen LogP) is 3.67. The molecular weight excluding hydrogens is 288 g/mol. The van der Waals surface area contributed by atoms with Crippen molar-refractivity contribution >= 4 is 10.9 Å². The minimum absolute atomic E-state index is 0.0443. The molecule has 3 aromatic rings. The Kier molecular flexibility index (Phi) is 4.53. The van der Waals surface area contributed by atoms with Crippen LogP contribution in [-0.2, 0) is 0 Å². The van der Waals surface area contributed by atoms with Gasteiger partial charge in [-0.05, 0) is 24.6 Å². The van der Waals surface area contributed by atoms with Crippen LogP contribution >= 0.6 is 0 Å². The van der Waals surface area contributed by atoms with E-state index in [1.165, 1.54) is 10.9 Å². The Morgan fingerprint density at radius 3 is 2.65 bits per heavy atom. The summed E-state index contributed by atoms with van der Waals surface area (Å²) in [4.78, 5) is 3.33. The van der Waals surface area contributed by atoms with Gasteiger partial charge in [-0.3, -0.25) is 0 Å². The van der Waals surface area contributed by atoms with Gasteiger partial charge in [-0.15, -0.1) is 0 Å². The Hall–Kier alpha value is -2.46. The predicted molar refractivity (Wildman–Crippen MR) is 93.4 cm³/mol. The number of fused-ring (bicyclic) bond motifs is 1. The van der Waals surface area contributed by atoms with E-state index in [9.17, 15) is 0 Å². The summed E-state index contributed by atoms with van der Waals surface area (Å²) < 4.78 is 11.3. The Morgan fingerprint density at radius 1 is 1.09 bits per heavy atom. The second kappa shape index (κ2) is 6.75. The molecule has 0 saturated heterocycles. The number of hydrogen-bond acceptors (Lipinski definition) is 3. The summed E-state index contributed by atoms with van der Waals surface area (Å²) in [5, 5.41) is 1.19. The third-order valence-corrected chi connectivity index (χ3v) is 4.13. The van der Waals surface area contributed by atoms with Crippen LogP contribution in [0.1, 0.15) is 24.0 Å². The number of para-hydroxylation sites is 2. The number of rotatable bonds is 6. The monoisotopic (exact) mass is 310 g/mol. The number of aromatic amines is 1. The standard InChI is InChI=1S/C19H22N2O2/c1-3-23-19-14(8-6-10-18(19)22-2)15(11-20)16-12-21-17-9-5-4-7-13(16)17/h4-10,12,15,21H,3,11,20H2,1-2H3. The number of ether oxygens (including phenoxy) is 2. The molecule has 3 rings (SSSR count). The molecular formula is C19H22N2O2. The third-order valence-electron chi connectivity index (χ3n) is 4.13. The third kappa shape index (κ3) is 2.78. The number of H-pyrrole nitrogens is 1. The van der Waals surface area contributed by atoms with Crippen LogP contribution in [0.25, 0.3) is 10.9 Å². The van der Waals surface area contributed by atoms with Crippen molar-refractivity contribution in [3.05, 3.63) is 59.8 Å². The van der Waals surface area contributed by atoms with Crippen LogP contribution in [0.3, 0.4) is 0 Å². The van der Waals surface area contributed by atoms with Crippen LogP contribution < -0.4 is 15.2 Å². The molecule has 0 radical (unpaired) electrons. The lowest BCUT2D eigenvalue weighted by molar-refractivity contribution is 0.306. The van der Waals surface area contributed by atoms with Crippen molar-refractivity contribution in [2.45, 2.75) is 12.8 Å². The topological polar surface area (TPSA) is 60.3 Å². The molecule has 4 nitrogen and oxygen atoms in total. The molecule has 0 fully saturated rings. The van der Waals surface area contributed by atoms with E-state index in [1.807, 2.05) is 37.4 Å². The molecule has 0 saturated carbocycles. The number of benzene rings is 2. The molecule has 0 aliphatic rings. The average Bonchev–Trinajstić information content (AvgIpc) is 3.01. The second-order valence-corrected chi connectivity index (χ2v) is 5.39. The summed E-state index contributed by atoms with van der Waals surface area (Å²) in [5.41, 5.74) is 9.48. The van der Waals surface area contributed by atoms with Crippen LogP contribution in [-0.4, -0.2) is 25.2 Å². The molecule has 1 heterocycles. The van der Waals surface area contributed by atoms with E-state index in [1.54, 1.807) is 7.11 Å². The van der Waals surface area contributed by atoms with Gasteiger partial charge in [-0.1, -0.05) is 30.3 Å². The lowest BCUT2D eigenvalue weighted by Crippen LogP contribution is -2.15. The van der Waals surface area contributed by atoms with Gasteiger partial charge in [0.25, 0.3) is 0 Å². The molecule has 0 aliphatic heterocycles. The highest BCUT2D eigenvalue weighted by Gasteiger charge is 2.22. The van der Waals surface area contributed by atoms with E-state index in [2.05, 4.69) is 23.2 Å². The van der Waals surface area contributed by atoms with Crippen LogP contribution in [0.2, 0.25) is 0 Å². The van der Waals surface area contributed by atoms with E-state index in [4.69, 9.17) is 15.2 Å². The molecule has 1 atom stereocenters. The number of aromatic nitrogens is 1. The van der Waals surface area contributed by atoms with Crippen molar-refractivity contribution in [1.82, 2.24) is 4.98 Å². The maximum absolute atomic E-state index is 6.13. The molecule has 0 spiro atoms. The summed E-state index contributed by atoms with van der Waals surface area (Å²) in [7, 11) is 1.66. The van der Waals surface area contributed by atoms with E-state index in [0.717, 1.165) is 22.6 Å². The summed E-state index contributed by atoms with van der Waals surface area (Å²) in [6, 6.07) is 14.2. The van der Waals surface area contributed by atoms with Crippen molar-refractivity contribution in [2.75, 3.05) is 20.3 Å². The van der Waals surface area contributed by atoms with Gasteiger partial charge >= 0.3 is 0 Å². The summed E-state index contributed by atoms with van der Waals surface area (Å²) in [6.45, 7) is 3.05. The fraction of sp³-hybridized carbons (Fsp3) is 0.263. The normalized spacial score (nSPS) is 12.3. The Labute approximate surface area is 136 Å². The fourth-order valence-electron chi connectivity index (χ4n) is 3.07. The fourth-order valence-corrected chi connectivity index (χ4v) is 3.07. The minimum atomic E-state index is 0.0443. The molecule has 23 heavy (non-hydrogen) atoms. The zero-order valence-corrected chi connectivity index (χ0v) is 13.5. The molecule has 2 aromatic carbocycles. The number of nitrogens with one attached hydrogen (secondary N) is 1. The van der Waals surface area contributed by atoms with E-state index >= 15 is 0 Å². The first-order valence-electron chi connectivity index (χ1n) is 7.85. The van der Waals surface area contributed by atoms with Crippen molar-refractivity contribution < 1.29 is 9.47 Å². The van der Waals surface area contributed by atoms with Gasteiger partial charge in [0.05, 0.1) is 13.7 Å². The van der Waals surface area contributed by atoms with E-state index < -0.39 is 0 Å². The van der Waals surface area contributed by atoms with Gasteiger partial charge in [-0.2, -0.15) is 0 Å². The first-order chi connectivity index (χ1) is 11.3. The SMILES string of the molecule is CCOc1c(OC)cccc1C(CN)c1c[nH]c2ccccc12. The van der Waals surface area contributed by atoms with Gasteiger partial charge in [0.2, 0.25) is 0 Å². The largest absolute Gasteiger partial charge is 0.493 e. The lowest BCUT2D eigenvalue weighted by Gasteiger charge is -2.20. The molecule has 1 unspecified atom stereocenters. The molecule has 3 N–H and O–H groups in total. The van der Waals surface area contributed by atoms with Gasteiger partial charge in [0.1, 0.15) is 0 Å². The quantitative estimate of drug-likeness (QED) is 0.730. The van der Waals surface area contributed by atoms with Crippen molar-refractivity contribution in [3.8, 4) is 11.5 Å². The second-order valence-electron chi connectivity index (χ2n) is 5.39. The van der Waals surface area contributed by atoms with Crippen LogP contribution in [0, 0.1) is 0 Å². The molecule has 0 amide bonds. The highest BCUT2D eigenvalue weighted by molar-refractivity contribution is 5.84. The Balaban J connectivity index is 2.14. The van der Waals surface area contributed by atoms with Gasteiger partial charge in [0.15, 0.2) is 11.5 Å². The van der Waals surface area contributed by atoms with Gasteiger partial charge in [0, 0.05) is 35.1 Å². The van der Waals surface area contributed by atoms with Crippen LogP contribution in [0.5, 0.6) is 11.5 Å². The zero-order chi connectivity index (χ0) is 16.2. The van der Waals surface area contributed by atoms with Crippen molar-refractivity contribution in [3.63, 3.8) is 0 Å². The average molecular weight is 310 g/mol. The molecule has 120 valence electrons. The first-order valence-corrected chi connectivity index (χ1v) is 7.85. The molecule has 4 heteroatoms.